The Morgan fingerprint density at radius 2 is 1.70 bits per heavy atom. The molecule has 4 rings (SSSR count). The number of benzene rings is 3. The van der Waals surface area contributed by atoms with Gasteiger partial charge in [-0.3, -0.25) is 9.69 Å². The van der Waals surface area contributed by atoms with Crippen molar-refractivity contribution in [3.05, 3.63) is 113 Å². The lowest BCUT2D eigenvalue weighted by Gasteiger charge is -2.17. The number of hydrogen-bond acceptors (Lipinski definition) is 4. The number of urea groups is 1. The molecule has 0 aromatic heterocycles. The van der Waals surface area contributed by atoms with E-state index in [1.54, 1.807) is 30.4 Å². The Morgan fingerprint density at radius 1 is 1.00 bits per heavy atom. The number of nitrogens with one attached hydrogen (secondary N) is 1. The van der Waals surface area contributed by atoms with Crippen LogP contribution in [0.1, 0.15) is 34.7 Å². The summed E-state index contributed by atoms with van der Waals surface area (Å²) in [5, 5.41) is 2.68. The molecular formula is C30H29FN2O4. The van der Waals surface area contributed by atoms with Crippen molar-refractivity contribution in [3.63, 3.8) is 0 Å². The van der Waals surface area contributed by atoms with Crippen molar-refractivity contribution in [3.8, 4) is 11.5 Å². The van der Waals surface area contributed by atoms with E-state index in [1.165, 1.54) is 17.0 Å². The molecule has 1 heterocycles. The Morgan fingerprint density at radius 3 is 2.38 bits per heavy atom. The van der Waals surface area contributed by atoms with Crippen molar-refractivity contribution in [1.29, 1.82) is 0 Å². The Kier molecular flexibility index (Phi) is 8.03. The number of ether oxygens (including phenoxy) is 2. The molecule has 3 aromatic carbocycles. The Labute approximate surface area is 216 Å². The molecule has 1 aliphatic heterocycles. The fourth-order valence-corrected chi connectivity index (χ4v) is 3.99. The molecule has 3 amide bonds. The summed E-state index contributed by atoms with van der Waals surface area (Å²) in [6, 6.07) is 17.0. The zero-order chi connectivity index (χ0) is 26.4. The number of rotatable bonds is 10. The molecule has 190 valence electrons. The van der Waals surface area contributed by atoms with Crippen molar-refractivity contribution < 1.29 is 23.5 Å². The monoisotopic (exact) mass is 500 g/mol. The second-order valence-electron chi connectivity index (χ2n) is 8.71. The van der Waals surface area contributed by atoms with E-state index < -0.39 is 11.9 Å². The average molecular weight is 501 g/mol. The number of aryl methyl sites for hydroxylation is 1. The van der Waals surface area contributed by atoms with Gasteiger partial charge in [-0.1, -0.05) is 48.0 Å². The summed E-state index contributed by atoms with van der Waals surface area (Å²) in [6.45, 7) is 8.50. The van der Waals surface area contributed by atoms with E-state index in [2.05, 4.69) is 11.9 Å². The number of carbonyl (C=O) groups is 2. The van der Waals surface area contributed by atoms with Gasteiger partial charge in [0.15, 0.2) is 11.5 Å². The van der Waals surface area contributed by atoms with Crippen LogP contribution in [0, 0.1) is 12.7 Å². The van der Waals surface area contributed by atoms with Crippen LogP contribution in [-0.2, 0) is 24.4 Å². The summed E-state index contributed by atoms with van der Waals surface area (Å²) < 4.78 is 25.2. The Bertz CT molecular complexity index is 1330. The van der Waals surface area contributed by atoms with Gasteiger partial charge in [-0.05, 0) is 67.3 Å². The Balaban J connectivity index is 1.60. The molecule has 0 atom stereocenters. The third-order valence-corrected chi connectivity index (χ3v) is 5.85. The van der Waals surface area contributed by atoms with Gasteiger partial charge in [-0.15, -0.1) is 6.58 Å². The fraction of sp³-hybridized carbons (Fsp3) is 0.200. The highest BCUT2D eigenvalue weighted by atomic mass is 19.1. The topological polar surface area (TPSA) is 67.9 Å². The first-order valence-corrected chi connectivity index (χ1v) is 12.1. The van der Waals surface area contributed by atoms with Crippen molar-refractivity contribution in [2.45, 2.75) is 33.4 Å². The fourth-order valence-electron chi connectivity index (χ4n) is 3.99. The first-order valence-electron chi connectivity index (χ1n) is 12.1. The molecule has 0 saturated carbocycles. The van der Waals surface area contributed by atoms with Crippen molar-refractivity contribution >= 4 is 18.0 Å². The summed E-state index contributed by atoms with van der Waals surface area (Å²) in [7, 11) is 0. The Hall–Kier alpha value is -4.39. The van der Waals surface area contributed by atoms with Crippen LogP contribution in [0.4, 0.5) is 9.18 Å². The minimum atomic E-state index is -0.465. The van der Waals surface area contributed by atoms with Crippen LogP contribution in [0.5, 0.6) is 11.5 Å². The van der Waals surface area contributed by atoms with Crippen LogP contribution in [0.25, 0.3) is 6.08 Å². The number of nitrogens with zero attached hydrogens (tertiary/aromatic N) is 1. The molecule has 1 fully saturated rings. The van der Waals surface area contributed by atoms with E-state index in [0.717, 1.165) is 22.3 Å². The van der Waals surface area contributed by atoms with Gasteiger partial charge in [0.25, 0.3) is 5.91 Å². The molecule has 1 aliphatic rings. The quantitative estimate of drug-likeness (QED) is 0.213. The third kappa shape index (κ3) is 6.25. The van der Waals surface area contributed by atoms with E-state index in [1.807, 2.05) is 44.2 Å². The summed E-state index contributed by atoms with van der Waals surface area (Å²) >= 11 is 0. The van der Waals surface area contributed by atoms with E-state index in [9.17, 15) is 14.0 Å². The first-order chi connectivity index (χ1) is 17.9. The number of amides is 3. The van der Waals surface area contributed by atoms with Gasteiger partial charge in [0, 0.05) is 5.56 Å². The first kappa shape index (κ1) is 25.7. The van der Waals surface area contributed by atoms with Crippen LogP contribution >= 0.6 is 0 Å². The predicted octanol–water partition coefficient (Wildman–Crippen LogP) is 5.93. The summed E-state index contributed by atoms with van der Waals surface area (Å²) in [4.78, 5) is 26.8. The number of imide groups is 1. The van der Waals surface area contributed by atoms with Crippen molar-refractivity contribution in [2.75, 3.05) is 6.61 Å². The third-order valence-electron chi connectivity index (χ3n) is 5.85. The lowest BCUT2D eigenvalue weighted by Crippen LogP contribution is -2.30. The molecule has 0 unspecified atom stereocenters. The average Bonchev–Trinajstić information content (AvgIpc) is 3.13. The molecule has 0 spiro atoms. The van der Waals surface area contributed by atoms with Crippen molar-refractivity contribution in [1.82, 2.24) is 10.2 Å². The molecule has 7 heteroatoms. The lowest BCUT2D eigenvalue weighted by molar-refractivity contribution is -0.123. The van der Waals surface area contributed by atoms with Gasteiger partial charge in [0.05, 0.1) is 13.2 Å². The second kappa shape index (κ2) is 11.6. The molecule has 0 radical (unpaired) electrons. The lowest BCUT2D eigenvalue weighted by atomic mass is 10.0. The maximum atomic E-state index is 13.3. The van der Waals surface area contributed by atoms with Crippen LogP contribution in [0.2, 0.25) is 0 Å². The summed E-state index contributed by atoms with van der Waals surface area (Å²) in [5.74, 6) is 0.347. The minimum absolute atomic E-state index is 0.184. The molecule has 0 aliphatic carbocycles. The van der Waals surface area contributed by atoms with Gasteiger partial charge in [-0.2, -0.15) is 0 Å². The van der Waals surface area contributed by atoms with Gasteiger partial charge in [-0.25, -0.2) is 9.18 Å². The van der Waals surface area contributed by atoms with E-state index >= 15 is 0 Å². The SMILES string of the molecule is C=CCc1cc(/C=C2/NC(=O)N(Cc3ccc(C)cc3)C2=O)cc(OCC)c1OCc1ccc(F)cc1. The maximum absolute atomic E-state index is 13.3. The van der Waals surface area contributed by atoms with E-state index in [0.29, 0.717) is 30.1 Å². The van der Waals surface area contributed by atoms with E-state index in [4.69, 9.17) is 9.47 Å². The maximum Gasteiger partial charge on any atom is 0.329 e. The van der Waals surface area contributed by atoms with Gasteiger partial charge >= 0.3 is 6.03 Å². The highest BCUT2D eigenvalue weighted by Crippen LogP contribution is 2.35. The van der Waals surface area contributed by atoms with Gasteiger partial charge < -0.3 is 14.8 Å². The molecule has 1 saturated heterocycles. The standard InChI is InChI=1S/C30H29FN2O4/c1-4-6-24-15-23(17-27(36-5-2)28(24)37-19-22-11-13-25(31)14-12-22)16-26-29(34)33(30(35)32-26)18-21-9-7-20(3)8-10-21/h4,7-17H,1,5-6,18-19H2,2-3H3,(H,32,35)/b26-16+. The molecule has 37 heavy (non-hydrogen) atoms. The number of allylic oxidation sites excluding steroid dienone is 1. The molecule has 0 bridgehead atoms. The van der Waals surface area contributed by atoms with E-state index in [-0.39, 0.29) is 24.7 Å². The van der Waals surface area contributed by atoms with Crippen LogP contribution in [0.3, 0.4) is 0 Å². The van der Waals surface area contributed by atoms with Crippen LogP contribution < -0.4 is 14.8 Å². The molecular weight excluding hydrogens is 471 g/mol. The summed E-state index contributed by atoms with van der Waals surface area (Å²) in [5.41, 5.74) is 4.45. The predicted molar refractivity (Wildman–Crippen MR) is 140 cm³/mol. The largest absolute Gasteiger partial charge is 0.490 e. The summed E-state index contributed by atoms with van der Waals surface area (Å²) in [6.07, 6.45) is 3.88. The van der Waals surface area contributed by atoms with Crippen molar-refractivity contribution in [2.24, 2.45) is 0 Å². The zero-order valence-electron chi connectivity index (χ0n) is 20.9. The van der Waals surface area contributed by atoms with Crippen LogP contribution in [-0.4, -0.2) is 23.4 Å². The normalized spacial score (nSPS) is 14.1. The molecule has 1 N–H and O–H groups in total. The number of halogens is 1. The van der Waals surface area contributed by atoms with Gasteiger partial charge in [0.2, 0.25) is 0 Å². The van der Waals surface area contributed by atoms with Gasteiger partial charge in [0.1, 0.15) is 18.1 Å². The minimum Gasteiger partial charge on any atom is -0.490 e. The number of hydrogen-bond donors (Lipinski definition) is 1. The molecule has 3 aromatic rings. The highest BCUT2D eigenvalue weighted by Gasteiger charge is 2.33. The second-order valence-corrected chi connectivity index (χ2v) is 8.71. The smallest absolute Gasteiger partial charge is 0.329 e. The zero-order valence-corrected chi connectivity index (χ0v) is 20.9. The number of carbonyl (C=O) groups excluding carboxylic acids is 2. The molecule has 6 nitrogen and oxygen atoms in total. The van der Waals surface area contributed by atoms with Crippen LogP contribution in [0.15, 0.2) is 79.0 Å². The highest BCUT2D eigenvalue weighted by molar-refractivity contribution is 6.13.